The predicted octanol–water partition coefficient (Wildman–Crippen LogP) is 5.61. The van der Waals surface area contributed by atoms with Gasteiger partial charge in [-0.15, -0.1) is 0 Å². The molecule has 0 N–H and O–H groups in total. The quantitative estimate of drug-likeness (QED) is 0.214. The van der Waals surface area contributed by atoms with Gasteiger partial charge in [0, 0.05) is 113 Å². The third-order valence-electron chi connectivity index (χ3n) is 12.8. The van der Waals surface area contributed by atoms with Crippen molar-refractivity contribution in [3.63, 3.8) is 0 Å². The number of anilines is 2. The molecule has 2 aromatic carbocycles. The molecule has 56 heavy (non-hydrogen) atoms. The lowest BCUT2D eigenvalue weighted by Crippen LogP contribution is -2.49. The Kier molecular flexibility index (Phi) is 9.73. The van der Waals surface area contributed by atoms with Crippen molar-refractivity contribution in [2.75, 3.05) is 57.3 Å². The van der Waals surface area contributed by atoms with Crippen LogP contribution in [-0.4, -0.2) is 115 Å². The lowest BCUT2D eigenvalue weighted by molar-refractivity contribution is -0.129. The van der Waals surface area contributed by atoms with Crippen LogP contribution in [-0.2, 0) is 31.2 Å². The van der Waals surface area contributed by atoms with Crippen molar-refractivity contribution in [1.29, 1.82) is 0 Å². The van der Waals surface area contributed by atoms with Crippen molar-refractivity contribution in [3.8, 4) is 11.1 Å². The number of piperidine rings is 2. The van der Waals surface area contributed by atoms with Crippen LogP contribution in [0.3, 0.4) is 0 Å². The Morgan fingerprint density at radius 3 is 2.12 bits per heavy atom. The van der Waals surface area contributed by atoms with Crippen molar-refractivity contribution < 1.29 is 23.2 Å². The van der Waals surface area contributed by atoms with E-state index in [1.807, 2.05) is 23.1 Å². The standard InChI is InChI=1S/C42H49F2N9O3/c1-27(54)50-19-13-37-36(26-50)40(51-14-5-6-28-22-34(29-24-45-47(2)25-29)35(39(43)44)23-38(28)51)46-53(37)31-11-17-49(18-12-31)21-20-48-15-9-30(10-16-48)52-41(55)32-7-3-4-8-33(32)42(52)56/h3-4,7-8,22-25,30-31,39H,5-6,9-21,26H2,1-2H3. The number of amides is 3. The van der Waals surface area contributed by atoms with Crippen LogP contribution >= 0.6 is 0 Å². The number of carbonyl (C=O) groups is 3. The van der Waals surface area contributed by atoms with Gasteiger partial charge in [0.15, 0.2) is 5.82 Å². The van der Waals surface area contributed by atoms with Crippen molar-refractivity contribution >= 4 is 29.2 Å². The van der Waals surface area contributed by atoms with Gasteiger partial charge in [0.2, 0.25) is 5.91 Å². The van der Waals surface area contributed by atoms with E-state index in [4.69, 9.17) is 5.10 Å². The van der Waals surface area contributed by atoms with Crippen molar-refractivity contribution in [2.24, 2.45) is 7.05 Å². The molecule has 9 rings (SSSR count). The summed E-state index contributed by atoms with van der Waals surface area (Å²) in [6.45, 7) is 8.88. The first-order chi connectivity index (χ1) is 27.1. The molecule has 5 aliphatic heterocycles. The zero-order chi connectivity index (χ0) is 38.7. The van der Waals surface area contributed by atoms with Gasteiger partial charge in [-0.2, -0.15) is 10.2 Å². The van der Waals surface area contributed by atoms with Crippen LogP contribution in [0.15, 0.2) is 48.8 Å². The molecule has 12 nitrogen and oxygen atoms in total. The van der Waals surface area contributed by atoms with Crippen LogP contribution in [0.5, 0.6) is 0 Å². The van der Waals surface area contributed by atoms with E-state index < -0.39 is 6.43 Å². The van der Waals surface area contributed by atoms with Crippen LogP contribution in [0.4, 0.5) is 20.3 Å². The van der Waals surface area contributed by atoms with Crippen LogP contribution in [0.2, 0.25) is 0 Å². The highest BCUT2D eigenvalue weighted by molar-refractivity contribution is 6.21. The normalized spacial score (nSPS) is 19.9. The van der Waals surface area contributed by atoms with Crippen LogP contribution in [0.25, 0.3) is 11.1 Å². The van der Waals surface area contributed by atoms with Crippen molar-refractivity contribution in [2.45, 2.75) is 76.9 Å². The minimum absolute atomic E-state index is 0.0122. The molecule has 3 amide bonds. The number of hydrogen-bond donors (Lipinski definition) is 0. The molecule has 0 bridgehead atoms. The fourth-order valence-corrected chi connectivity index (χ4v) is 9.69. The lowest BCUT2D eigenvalue weighted by Gasteiger charge is -2.38. The molecule has 0 aliphatic carbocycles. The van der Waals surface area contributed by atoms with Gasteiger partial charge in [0.25, 0.3) is 18.2 Å². The molecule has 4 aromatic rings. The molecular formula is C42H49F2N9O3. The van der Waals surface area contributed by atoms with Gasteiger partial charge in [-0.25, -0.2) is 8.78 Å². The first-order valence-corrected chi connectivity index (χ1v) is 20.1. The summed E-state index contributed by atoms with van der Waals surface area (Å²) in [7, 11) is 1.79. The van der Waals surface area contributed by atoms with E-state index in [2.05, 4.69) is 24.5 Å². The maximum atomic E-state index is 14.7. The number of rotatable bonds is 8. The second-order valence-electron chi connectivity index (χ2n) is 16.1. The highest BCUT2D eigenvalue weighted by Gasteiger charge is 2.41. The first kappa shape index (κ1) is 36.7. The Balaban J connectivity index is 0.879. The fourth-order valence-electron chi connectivity index (χ4n) is 9.69. The third-order valence-corrected chi connectivity index (χ3v) is 12.8. The monoisotopic (exact) mass is 765 g/mol. The van der Waals surface area contributed by atoms with Gasteiger partial charge in [-0.1, -0.05) is 12.1 Å². The number of nitrogens with zero attached hydrogens (tertiary/aromatic N) is 9. The third kappa shape index (κ3) is 6.59. The molecule has 14 heteroatoms. The Hall–Kier alpha value is -4.95. The summed E-state index contributed by atoms with van der Waals surface area (Å²) in [5, 5.41) is 9.56. The number of likely N-dealkylation sites (tertiary alicyclic amines) is 2. The number of hydrogen-bond acceptors (Lipinski definition) is 8. The smallest absolute Gasteiger partial charge is 0.264 e. The van der Waals surface area contributed by atoms with E-state index in [0.717, 1.165) is 106 Å². The molecule has 2 aromatic heterocycles. The summed E-state index contributed by atoms with van der Waals surface area (Å²) in [4.78, 5) is 49.1. The van der Waals surface area contributed by atoms with E-state index in [0.29, 0.717) is 48.3 Å². The molecule has 0 atom stereocenters. The van der Waals surface area contributed by atoms with E-state index in [-0.39, 0.29) is 35.4 Å². The van der Waals surface area contributed by atoms with Crippen LogP contribution in [0, 0.1) is 0 Å². The SMILES string of the molecule is CC(=O)N1CCc2c(c(N3CCCc4cc(-c5cnn(C)c5)c(C(F)F)cc43)nn2C2CCN(CCN3CCC(N4C(=O)c5ccccc5C4=O)CC3)CC2)C1. The summed E-state index contributed by atoms with van der Waals surface area (Å²) < 4.78 is 33.2. The van der Waals surface area contributed by atoms with E-state index in [1.54, 1.807) is 49.2 Å². The molecule has 0 spiro atoms. The van der Waals surface area contributed by atoms with Crippen molar-refractivity contribution in [3.05, 3.63) is 82.3 Å². The van der Waals surface area contributed by atoms with Gasteiger partial charge in [-0.3, -0.25) is 28.6 Å². The van der Waals surface area contributed by atoms with Gasteiger partial charge in [-0.05, 0) is 73.9 Å². The van der Waals surface area contributed by atoms with Crippen LogP contribution in [0.1, 0.15) is 94.6 Å². The largest absolute Gasteiger partial charge is 0.338 e. The molecular weight excluding hydrogens is 717 g/mol. The fraction of sp³-hybridized carbons (Fsp3) is 0.500. The maximum Gasteiger partial charge on any atom is 0.264 e. The molecule has 2 fully saturated rings. The summed E-state index contributed by atoms with van der Waals surface area (Å²) in [6, 6.07) is 10.8. The lowest BCUT2D eigenvalue weighted by atomic mass is 9.92. The summed E-state index contributed by atoms with van der Waals surface area (Å²) in [6.07, 6.45) is 6.61. The summed E-state index contributed by atoms with van der Waals surface area (Å²) in [5.41, 5.74) is 6.19. The Morgan fingerprint density at radius 1 is 0.857 bits per heavy atom. The Morgan fingerprint density at radius 2 is 1.52 bits per heavy atom. The molecule has 5 aliphatic rings. The summed E-state index contributed by atoms with van der Waals surface area (Å²) in [5.74, 6) is 0.486. The van der Waals surface area contributed by atoms with Crippen LogP contribution < -0.4 is 4.90 Å². The molecule has 0 unspecified atom stereocenters. The molecule has 7 heterocycles. The highest BCUT2D eigenvalue weighted by Crippen LogP contribution is 2.44. The Bertz CT molecular complexity index is 2130. The second-order valence-corrected chi connectivity index (χ2v) is 16.1. The number of carbonyl (C=O) groups excluding carboxylic acids is 3. The number of alkyl halides is 2. The summed E-state index contributed by atoms with van der Waals surface area (Å²) >= 11 is 0. The van der Waals surface area contributed by atoms with E-state index in [9.17, 15) is 23.2 Å². The highest BCUT2D eigenvalue weighted by atomic mass is 19.3. The maximum absolute atomic E-state index is 14.7. The number of aryl methyl sites for hydroxylation is 2. The molecule has 0 radical (unpaired) electrons. The van der Waals surface area contributed by atoms with Gasteiger partial charge >= 0.3 is 0 Å². The number of halogens is 2. The zero-order valence-corrected chi connectivity index (χ0v) is 32.2. The molecule has 2 saturated heterocycles. The number of aromatic nitrogens is 4. The molecule has 0 saturated carbocycles. The number of fused-ring (bicyclic) bond motifs is 3. The zero-order valence-electron chi connectivity index (χ0n) is 32.2. The number of benzene rings is 2. The minimum atomic E-state index is -2.65. The molecule has 294 valence electrons. The average molecular weight is 766 g/mol. The van der Waals surface area contributed by atoms with Gasteiger partial charge in [0.05, 0.1) is 29.9 Å². The van der Waals surface area contributed by atoms with E-state index in [1.165, 1.54) is 4.90 Å². The van der Waals surface area contributed by atoms with Gasteiger partial charge < -0.3 is 19.6 Å². The van der Waals surface area contributed by atoms with Crippen molar-refractivity contribution in [1.82, 2.24) is 39.2 Å². The average Bonchev–Trinajstić information content (AvgIpc) is 3.90. The number of imide groups is 1. The first-order valence-electron chi connectivity index (χ1n) is 20.1. The van der Waals surface area contributed by atoms with E-state index >= 15 is 0 Å². The van der Waals surface area contributed by atoms with Gasteiger partial charge in [0.1, 0.15) is 0 Å². The minimum Gasteiger partial charge on any atom is -0.338 e. The predicted molar refractivity (Wildman–Crippen MR) is 207 cm³/mol. The Labute approximate surface area is 325 Å². The topological polar surface area (TPSA) is 103 Å². The second kappa shape index (κ2) is 14.8.